The molecule has 0 aliphatic carbocycles. The summed E-state index contributed by atoms with van der Waals surface area (Å²) < 4.78 is 0.497. The van der Waals surface area contributed by atoms with Crippen LogP contribution in [0.15, 0.2) is 29.2 Å². The highest BCUT2D eigenvalue weighted by Gasteiger charge is 2.32. The minimum Gasteiger partial charge on any atom is -0.480 e. The molecule has 1 aliphatic rings. The highest BCUT2D eigenvalue weighted by atomic mass is 32.2. The molecule has 1 aromatic carbocycles. The molecule has 6 nitrogen and oxygen atoms in total. The van der Waals surface area contributed by atoms with Crippen LogP contribution in [0.2, 0.25) is 0 Å². The van der Waals surface area contributed by atoms with Gasteiger partial charge >= 0.3 is 5.97 Å². The van der Waals surface area contributed by atoms with Crippen LogP contribution in [0, 0.1) is 6.92 Å². The average molecular weight is 409 g/mol. The standard InChI is InChI=1S/C19H24N2O4S2/c1-3-4-14(18(24)25)20-16(22)9-10-21-17(23)15(27-19(21)26)11-13-7-5-12(2)6-8-13/h5-8,11,14,17,23H,3-4,9-10H2,1-2H3,(H,20,22)(H,24,25)/b15-11+. The number of carboxylic acid groups (broad SMARTS) is 1. The molecule has 146 valence electrons. The van der Waals surface area contributed by atoms with Crippen LogP contribution in [0.25, 0.3) is 6.08 Å². The number of thioether (sulfide) groups is 1. The van der Waals surface area contributed by atoms with Gasteiger partial charge < -0.3 is 20.4 Å². The van der Waals surface area contributed by atoms with E-state index in [4.69, 9.17) is 17.3 Å². The quantitative estimate of drug-likeness (QED) is 0.570. The van der Waals surface area contributed by atoms with E-state index < -0.39 is 18.2 Å². The summed E-state index contributed by atoms with van der Waals surface area (Å²) in [5.74, 6) is -1.41. The zero-order chi connectivity index (χ0) is 20.0. The highest BCUT2D eigenvalue weighted by molar-refractivity contribution is 8.25. The normalized spacial score (nSPS) is 19.4. The van der Waals surface area contributed by atoms with Gasteiger partial charge in [0, 0.05) is 17.9 Å². The van der Waals surface area contributed by atoms with Crippen molar-refractivity contribution in [3.8, 4) is 0 Å². The van der Waals surface area contributed by atoms with Crippen LogP contribution >= 0.6 is 24.0 Å². The maximum absolute atomic E-state index is 12.1. The topological polar surface area (TPSA) is 89.9 Å². The maximum Gasteiger partial charge on any atom is 0.326 e. The first-order valence-electron chi connectivity index (χ1n) is 8.78. The first-order chi connectivity index (χ1) is 12.8. The summed E-state index contributed by atoms with van der Waals surface area (Å²) in [5.41, 5.74) is 2.12. The fraction of sp³-hybridized carbons (Fsp3) is 0.421. The molecule has 8 heteroatoms. The van der Waals surface area contributed by atoms with Gasteiger partial charge in [0.25, 0.3) is 0 Å². The molecule has 2 atom stereocenters. The Labute approximate surface area is 168 Å². The summed E-state index contributed by atoms with van der Waals surface area (Å²) in [6.45, 7) is 4.09. The second kappa shape index (κ2) is 9.87. The predicted molar refractivity (Wildman–Crippen MR) is 111 cm³/mol. The number of aryl methyl sites for hydroxylation is 1. The minimum atomic E-state index is -1.04. The molecule has 0 radical (unpaired) electrons. The summed E-state index contributed by atoms with van der Waals surface area (Å²) in [6, 6.07) is 7.04. The number of thiocarbonyl (C=S) groups is 1. The number of hydrogen-bond acceptors (Lipinski definition) is 5. The summed E-state index contributed by atoms with van der Waals surface area (Å²) in [7, 11) is 0. The van der Waals surface area contributed by atoms with Gasteiger partial charge in [0.15, 0.2) is 6.23 Å². The number of aliphatic hydroxyl groups is 1. The minimum absolute atomic E-state index is 0.0586. The number of benzene rings is 1. The van der Waals surface area contributed by atoms with E-state index in [9.17, 15) is 14.7 Å². The monoisotopic (exact) mass is 408 g/mol. The lowest BCUT2D eigenvalue weighted by Crippen LogP contribution is -2.42. The molecule has 0 saturated carbocycles. The van der Waals surface area contributed by atoms with Gasteiger partial charge in [-0.1, -0.05) is 67.2 Å². The lowest BCUT2D eigenvalue weighted by molar-refractivity contribution is -0.142. The van der Waals surface area contributed by atoms with Crippen LogP contribution < -0.4 is 5.32 Å². The van der Waals surface area contributed by atoms with Gasteiger partial charge in [0.1, 0.15) is 10.4 Å². The summed E-state index contributed by atoms with van der Waals surface area (Å²) in [4.78, 5) is 25.5. The van der Waals surface area contributed by atoms with Crippen LogP contribution in [0.4, 0.5) is 0 Å². The number of carboxylic acids is 1. The Hall–Kier alpha value is -1.90. The summed E-state index contributed by atoms with van der Waals surface area (Å²) >= 11 is 6.62. The summed E-state index contributed by atoms with van der Waals surface area (Å²) in [6.07, 6.45) is 2.08. The van der Waals surface area contributed by atoms with E-state index in [0.717, 1.165) is 11.1 Å². The number of aliphatic hydroxyl groups excluding tert-OH is 1. The number of nitrogens with zero attached hydrogens (tertiary/aromatic N) is 1. The fourth-order valence-electron chi connectivity index (χ4n) is 2.64. The molecule has 1 saturated heterocycles. The van der Waals surface area contributed by atoms with Crippen molar-refractivity contribution in [1.82, 2.24) is 10.2 Å². The van der Waals surface area contributed by atoms with E-state index in [1.54, 1.807) is 4.90 Å². The van der Waals surface area contributed by atoms with E-state index in [-0.39, 0.29) is 18.9 Å². The Morgan fingerprint density at radius 3 is 2.63 bits per heavy atom. The molecule has 1 aromatic rings. The van der Waals surface area contributed by atoms with Crippen LogP contribution in [-0.4, -0.2) is 50.1 Å². The Morgan fingerprint density at radius 2 is 2.04 bits per heavy atom. The zero-order valence-electron chi connectivity index (χ0n) is 15.3. The van der Waals surface area contributed by atoms with Crippen LogP contribution in [0.5, 0.6) is 0 Å². The third-order valence-electron chi connectivity index (χ3n) is 4.17. The van der Waals surface area contributed by atoms with E-state index in [1.807, 2.05) is 44.2 Å². The van der Waals surface area contributed by atoms with Gasteiger partial charge in [-0.05, 0) is 25.0 Å². The lowest BCUT2D eigenvalue weighted by Gasteiger charge is -2.21. The van der Waals surface area contributed by atoms with Crippen molar-refractivity contribution in [3.63, 3.8) is 0 Å². The van der Waals surface area contributed by atoms with Gasteiger partial charge in [-0.15, -0.1) is 0 Å². The van der Waals surface area contributed by atoms with Crippen molar-refractivity contribution in [2.75, 3.05) is 6.54 Å². The van der Waals surface area contributed by atoms with Crippen LogP contribution in [0.3, 0.4) is 0 Å². The SMILES string of the molecule is CCCC(NC(=O)CCN1C(=S)S/C(=C/c2ccc(C)cc2)C1O)C(=O)O. The molecule has 0 spiro atoms. The van der Waals surface area contributed by atoms with Gasteiger partial charge in [-0.25, -0.2) is 4.79 Å². The van der Waals surface area contributed by atoms with E-state index >= 15 is 0 Å². The Morgan fingerprint density at radius 1 is 1.37 bits per heavy atom. The molecule has 0 aromatic heterocycles. The number of amides is 1. The van der Waals surface area contributed by atoms with Crippen molar-refractivity contribution >= 4 is 46.3 Å². The number of hydrogen-bond donors (Lipinski definition) is 3. The molecule has 0 bridgehead atoms. The number of carbonyl (C=O) groups excluding carboxylic acids is 1. The number of carbonyl (C=O) groups is 2. The Balaban J connectivity index is 1.95. The third kappa shape index (κ3) is 6.05. The smallest absolute Gasteiger partial charge is 0.326 e. The van der Waals surface area contributed by atoms with Crippen molar-refractivity contribution < 1.29 is 19.8 Å². The number of nitrogens with one attached hydrogen (secondary N) is 1. The van der Waals surface area contributed by atoms with E-state index in [2.05, 4.69) is 5.32 Å². The molecular formula is C19H24N2O4S2. The molecule has 1 amide bonds. The first kappa shape index (κ1) is 21.4. The average Bonchev–Trinajstić information content (AvgIpc) is 2.88. The highest BCUT2D eigenvalue weighted by Crippen LogP contribution is 2.35. The molecular weight excluding hydrogens is 384 g/mol. The maximum atomic E-state index is 12.1. The molecule has 1 heterocycles. The lowest BCUT2D eigenvalue weighted by atomic mass is 10.1. The Kier molecular flexibility index (Phi) is 7.82. The van der Waals surface area contributed by atoms with E-state index in [0.29, 0.717) is 22.1 Å². The number of rotatable bonds is 8. The second-order valence-corrected chi connectivity index (χ2v) is 8.10. The number of aliphatic carboxylic acids is 1. The second-order valence-electron chi connectivity index (χ2n) is 6.39. The summed E-state index contributed by atoms with van der Waals surface area (Å²) in [5, 5.41) is 22.2. The van der Waals surface area contributed by atoms with Gasteiger partial charge in [0.05, 0.1) is 0 Å². The van der Waals surface area contributed by atoms with Gasteiger partial charge in [-0.2, -0.15) is 0 Å². The molecule has 3 N–H and O–H groups in total. The first-order valence-corrected chi connectivity index (χ1v) is 10.0. The third-order valence-corrected chi connectivity index (χ3v) is 5.62. The molecule has 1 aliphatic heterocycles. The molecule has 2 rings (SSSR count). The van der Waals surface area contributed by atoms with Crippen molar-refractivity contribution in [2.45, 2.75) is 45.4 Å². The van der Waals surface area contributed by atoms with Crippen molar-refractivity contribution in [3.05, 3.63) is 40.3 Å². The zero-order valence-corrected chi connectivity index (χ0v) is 17.0. The molecule has 27 heavy (non-hydrogen) atoms. The Bertz CT molecular complexity index is 734. The van der Waals surface area contributed by atoms with Crippen LogP contribution in [-0.2, 0) is 9.59 Å². The fourth-order valence-corrected chi connectivity index (χ4v) is 4.06. The molecule has 1 fully saturated rings. The van der Waals surface area contributed by atoms with Crippen molar-refractivity contribution in [1.29, 1.82) is 0 Å². The molecule has 2 unspecified atom stereocenters. The van der Waals surface area contributed by atoms with Crippen LogP contribution in [0.1, 0.15) is 37.3 Å². The van der Waals surface area contributed by atoms with Gasteiger partial charge in [0.2, 0.25) is 5.91 Å². The van der Waals surface area contributed by atoms with E-state index in [1.165, 1.54) is 11.8 Å². The largest absolute Gasteiger partial charge is 0.480 e. The predicted octanol–water partition coefficient (Wildman–Crippen LogP) is 2.75. The van der Waals surface area contributed by atoms with Crippen molar-refractivity contribution in [2.24, 2.45) is 0 Å². The van der Waals surface area contributed by atoms with Gasteiger partial charge in [-0.3, -0.25) is 4.79 Å².